The van der Waals surface area contributed by atoms with E-state index in [2.05, 4.69) is 0 Å². The number of hydrogen-bond donors (Lipinski definition) is 1. The highest BCUT2D eigenvalue weighted by atomic mass is 32.2. The van der Waals surface area contributed by atoms with Gasteiger partial charge in [0.1, 0.15) is 0 Å². The number of rotatable bonds is 4. The smallest absolute Gasteiger partial charge is 0.260 e. The highest BCUT2D eigenvalue weighted by Gasteiger charge is 2.21. The third-order valence-corrected chi connectivity index (χ3v) is 3.99. The van der Waals surface area contributed by atoms with E-state index >= 15 is 0 Å². The average molecular weight is 320 g/mol. The van der Waals surface area contributed by atoms with Crippen molar-refractivity contribution in [3.8, 4) is 5.75 Å². The highest BCUT2D eigenvalue weighted by molar-refractivity contribution is 7.89. The first-order valence-electron chi connectivity index (χ1n) is 6.21. The molecule has 0 unspecified atom stereocenters. The first-order chi connectivity index (χ1) is 9.79. The zero-order valence-electron chi connectivity index (χ0n) is 11.0. The lowest BCUT2D eigenvalue weighted by atomic mass is 10.3. The molecule has 0 aliphatic carbocycles. The van der Waals surface area contributed by atoms with Gasteiger partial charge in [-0.1, -0.05) is 0 Å². The molecule has 1 saturated heterocycles. The molecule has 1 aromatic carbocycles. The fourth-order valence-electron chi connectivity index (χ4n) is 2.03. The molecule has 9 heteroatoms. The van der Waals surface area contributed by atoms with Crippen LogP contribution in [0.15, 0.2) is 17.0 Å². The Hall–Kier alpha value is -1.74. The van der Waals surface area contributed by atoms with Crippen LogP contribution >= 0.6 is 0 Å². The zero-order chi connectivity index (χ0) is 15.6. The van der Waals surface area contributed by atoms with Gasteiger partial charge in [-0.25, -0.2) is 22.3 Å². The van der Waals surface area contributed by atoms with Crippen LogP contribution in [0.1, 0.15) is 12.8 Å². The maximum atomic E-state index is 13.7. The Labute approximate surface area is 120 Å². The van der Waals surface area contributed by atoms with Crippen LogP contribution < -0.4 is 9.88 Å². The topological polar surface area (TPSA) is 89.7 Å². The SMILES string of the molecule is NS(=O)(=O)c1cc(F)c(OCC(=O)N2CCCC2)c(F)c1. The molecule has 0 aromatic heterocycles. The molecular weight excluding hydrogens is 306 g/mol. The van der Waals surface area contributed by atoms with E-state index in [1.165, 1.54) is 4.90 Å². The molecule has 1 heterocycles. The molecule has 0 saturated carbocycles. The predicted molar refractivity (Wildman–Crippen MR) is 69.0 cm³/mol. The standard InChI is InChI=1S/C12H14F2N2O4S/c13-9-5-8(21(15,18)19)6-10(14)12(9)20-7-11(17)16-3-1-2-4-16/h5-6H,1-4,7H2,(H2,15,18,19). The van der Waals surface area contributed by atoms with Crippen LogP contribution in [0, 0.1) is 11.6 Å². The van der Waals surface area contributed by atoms with Gasteiger partial charge >= 0.3 is 0 Å². The van der Waals surface area contributed by atoms with Crippen molar-refractivity contribution < 1.29 is 26.7 Å². The summed E-state index contributed by atoms with van der Waals surface area (Å²) >= 11 is 0. The number of ether oxygens (including phenoxy) is 1. The maximum absolute atomic E-state index is 13.7. The highest BCUT2D eigenvalue weighted by Crippen LogP contribution is 2.25. The Kier molecular flexibility index (Phi) is 4.43. The summed E-state index contributed by atoms with van der Waals surface area (Å²) in [5.74, 6) is -3.63. The van der Waals surface area contributed by atoms with Gasteiger partial charge in [0.2, 0.25) is 10.0 Å². The normalized spacial score (nSPS) is 15.3. The Morgan fingerprint density at radius 2 is 1.76 bits per heavy atom. The van der Waals surface area contributed by atoms with E-state index in [-0.39, 0.29) is 5.91 Å². The molecule has 2 rings (SSSR count). The summed E-state index contributed by atoms with van der Waals surface area (Å²) in [6, 6.07) is 1.10. The van der Waals surface area contributed by atoms with Crippen molar-refractivity contribution in [1.29, 1.82) is 0 Å². The maximum Gasteiger partial charge on any atom is 0.260 e. The Bertz CT molecular complexity index is 634. The molecule has 1 amide bonds. The second-order valence-electron chi connectivity index (χ2n) is 4.64. The number of hydrogen-bond acceptors (Lipinski definition) is 4. The lowest BCUT2D eigenvalue weighted by Crippen LogP contribution is -2.32. The number of nitrogens with zero attached hydrogens (tertiary/aromatic N) is 1. The minimum Gasteiger partial charge on any atom is -0.478 e. The third-order valence-electron chi connectivity index (χ3n) is 3.10. The van der Waals surface area contributed by atoms with E-state index < -0.39 is 38.9 Å². The van der Waals surface area contributed by atoms with Gasteiger partial charge in [0.15, 0.2) is 24.0 Å². The van der Waals surface area contributed by atoms with E-state index in [4.69, 9.17) is 9.88 Å². The summed E-state index contributed by atoms with van der Waals surface area (Å²) in [7, 11) is -4.22. The van der Waals surface area contributed by atoms with E-state index in [9.17, 15) is 22.0 Å². The van der Waals surface area contributed by atoms with Crippen molar-refractivity contribution in [2.24, 2.45) is 5.14 Å². The molecule has 1 aliphatic heterocycles. The molecule has 1 fully saturated rings. The van der Waals surface area contributed by atoms with Gasteiger partial charge in [0, 0.05) is 13.1 Å². The summed E-state index contributed by atoms with van der Waals surface area (Å²) in [5.41, 5.74) is 0. The fraction of sp³-hybridized carbons (Fsp3) is 0.417. The van der Waals surface area contributed by atoms with Crippen LogP contribution in [0.3, 0.4) is 0 Å². The first-order valence-corrected chi connectivity index (χ1v) is 7.76. The van der Waals surface area contributed by atoms with Crippen molar-refractivity contribution in [2.45, 2.75) is 17.7 Å². The second-order valence-corrected chi connectivity index (χ2v) is 6.20. The number of likely N-dealkylation sites (tertiary alicyclic amines) is 1. The van der Waals surface area contributed by atoms with Crippen LogP contribution in [0.4, 0.5) is 8.78 Å². The number of primary sulfonamides is 1. The van der Waals surface area contributed by atoms with Crippen LogP contribution in [0.25, 0.3) is 0 Å². The van der Waals surface area contributed by atoms with Gasteiger partial charge in [-0.2, -0.15) is 0 Å². The second kappa shape index (κ2) is 5.94. The predicted octanol–water partition coefficient (Wildman–Crippen LogP) is 0.613. The summed E-state index contributed by atoms with van der Waals surface area (Å²) in [5, 5.41) is 4.79. The van der Waals surface area contributed by atoms with E-state index in [0.717, 1.165) is 12.8 Å². The lowest BCUT2D eigenvalue weighted by molar-refractivity contribution is -0.132. The van der Waals surface area contributed by atoms with Crippen molar-refractivity contribution in [3.05, 3.63) is 23.8 Å². The minimum absolute atomic E-state index is 0.373. The molecule has 0 bridgehead atoms. The van der Waals surface area contributed by atoms with Gasteiger partial charge in [-0.15, -0.1) is 0 Å². The van der Waals surface area contributed by atoms with E-state index in [1.807, 2.05) is 0 Å². The number of amides is 1. The molecule has 0 radical (unpaired) electrons. The summed E-state index contributed by atoms with van der Waals surface area (Å²) in [6.07, 6.45) is 1.77. The number of benzene rings is 1. The van der Waals surface area contributed by atoms with Gasteiger partial charge in [-0.3, -0.25) is 4.79 Å². The Morgan fingerprint density at radius 1 is 1.24 bits per heavy atom. The fourth-order valence-corrected chi connectivity index (χ4v) is 2.57. The minimum atomic E-state index is -4.22. The van der Waals surface area contributed by atoms with Crippen LogP contribution in [-0.4, -0.2) is 38.9 Å². The quantitative estimate of drug-likeness (QED) is 0.880. The number of halogens is 2. The summed E-state index contributed by atoms with van der Waals surface area (Å²) < 4.78 is 54.2. The van der Waals surface area contributed by atoms with Crippen LogP contribution in [0.5, 0.6) is 5.75 Å². The molecular formula is C12H14F2N2O4S. The lowest BCUT2D eigenvalue weighted by Gasteiger charge is -2.16. The summed E-state index contributed by atoms with van der Waals surface area (Å²) in [6.45, 7) is 0.678. The van der Waals surface area contributed by atoms with Crippen LogP contribution in [-0.2, 0) is 14.8 Å². The average Bonchev–Trinajstić information content (AvgIpc) is 2.90. The molecule has 6 nitrogen and oxygen atoms in total. The monoisotopic (exact) mass is 320 g/mol. The zero-order valence-corrected chi connectivity index (χ0v) is 11.8. The van der Waals surface area contributed by atoms with Gasteiger partial charge in [0.25, 0.3) is 5.91 Å². The largest absolute Gasteiger partial charge is 0.478 e. The van der Waals surface area contributed by atoms with Crippen molar-refractivity contribution >= 4 is 15.9 Å². The Balaban J connectivity index is 2.12. The van der Waals surface area contributed by atoms with Gasteiger partial charge in [0.05, 0.1) is 4.90 Å². The molecule has 21 heavy (non-hydrogen) atoms. The molecule has 0 atom stereocenters. The van der Waals surface area contributed by atoms with Crippen molar-refractivity contribution in [3.63, 3.8) is 0 Å². The Morgan fingerprint density at radius 3 is 2.24 bits per heavy atom. The number of carbonyl (C=O) groups is 1. The molecule has 2 N–H and O–H groups in total. The van der Waals surface area contributed by atoms with Crippen LogP contribution in [0.2, 0.25) is 0 Å². The third kappa shape index (κ3) is 3.67. The molecule has 116 valence electrons. The number of carbonyl (C=O) groups excluding carboxylic acids is 1. The van der Waals surface area contributed by atoms with Gasteiger partial charge in [-0.05, 0) is 25.0 Å². The molecule has 0 spiro atoms. The van der Waals surface area contributed by atoms with E-state index in [0.29, 0.717) is 25.2 Å². The van der Waals surface area contributed by atoms with Gasteiger partial charge < -0.3 is 9.64 Å². The van der Waals surface area contributed by atoms with Crippen molar-refractivity contribution in [2.75, 3.05) is 19.7 Å². The van der Waals surface area contributed by atoms with E-state index in [1.54, 1.807) is 0 Å². The molecule has 1 aliphatic rings. The molecule has 1 aromatic rings. The number of sulfonamides is 1. The van der Waals surface area contributed by atoms with Crippen molar-refractivity contribution in [1.82, 2.24) is 4.90 Å². The first kappa shape index (κ1) is 15.6. The summed E-state index contributed by atoms with van der Waals surface area (Å²) in [4.78, 5) is 12.5. The number of nitrogens with two attached hydrogens (primary N) is 1.